The minimum atomic E-state index is 0.211. The minimum absolute atomic E-state index is 0.211. The highest BCUT2D eigenvalue weighted by Crippen LogP contribution is 2.33. The molecule has 3 heteroatoms. The van der Waals surface area contributed by atoms with E-state index >= 15 is 0 Å². The summed E-state index contributed by atoms with van der Waals surface area (Å²) in [5.74, 6) is 1.04. The van der Waals surface area contributed by atoms with Gasteiger partial charge in [-0.25, -0.2) is 0 Å². The van der Waals surface area contributed by atoms with E-state index in [1.54, 1.807) is 0 Å². The van der Waals surface area contributed by atoms with Crippen molar-refractivity contribution in [1.82, 2.24) is 0 Å². The third-order valence-corrected chi connectivity index (χ3v) is 4.45. The lowest BCUT2D eigenvalue weighted by Gasteiger charge is -2.14. The molecule has 0 aromatic heterocycles. The van der Waals surface area contributed by atoms with Crippen molar-refractivity contribution in [3.05, 3.63) is 28.3 Å². The second-order valence-electron chi connectivity index (χ2n) is 6.17. The topological polar surface area (TPSA) is 35.2 Å². The van der Waals surface area contributed by atoms with Crippen molar-refractivity contribution < 1.29 is 4.74 Å². The van der Waals surface area contributed by atoms with E-state index in [0.29, 0.717) is 0 Å². The van der Waals surface area contributed by atoms with Crippen LogP contribution in [-0.2, 0) is 12.8 Å². The summed E-state index contributed by atoms with van der Waals surface area (Å²) >= 11 is 6.19. The molecule has 0 aliphatic carbocycles. The fraction of sp³-hybridized carbons (Fsp3) is 0.667. The summed E-state index contributed by atoms with van der Waals surface area (Å²) < 4.78 is 5.74. The molecule has 0 radical (unpaired) electrons. The lowest BCUT2D eigenvalue weighted by atomic mass is 9.98. The Bertz CT molecular complexity index is 447. The van der Waals surface area contributed by atoms with Crippen LogP contribution in [-0.4, -0.2) is 12.6 Å². The Hall–Kier alpha value is -0.730. The standard InChI is InChI=1S/C18H28ClNO/c1-2-3-4-5-6-7-8-17(20)13-15-12-16(19)11-14-9-10-21-18(14)15/h11-12,17H,2-10,13,20H2,1H3. The molecular weight excluding hydrogens is 282 g/mol. The number of fused-ring (bicyclic) bond motifs is 1. The first-order valence-electron chi connectivity index (χ1n) is 8.40. The summed E-state index contributed by atoms with van der Waals surface area (Å²) in [6.07, 6.45) is 10.8. The highest BCUT2D eigenvalue weighted by atomic mass is 35.5. The average Bonchev–Trinajstić information content (AvgIpc) is 2.91. The molecule has 1 aromatic rings. The van der Waals surface area contributed by atoms with Crippen LogP contribution in [0.1, 0.15) is 63.0 Å². The summed E-state index contributed by atoms with van der Waals surface area (Å²) in [5.41, 5.74) is 8.72. The van der Waals surface area contributed by atoms with E-state index in [9.17, 15) is 0 Å². The Morgan fingerprint density at radius 2 is 1.95 bits per heavy atom. The predicted octanol–water partition coefficient (Wildman–Crippen LogP) is 4.90. The monoisotopic (exact) mass is 309 g/mol. The smallest absolute Gasteiger partial charge is 0.125 e. The van der Waals surface area contributed by atoms with Gasteiger partial charge >= 0.3 is 0 Å². The highest BCUT2D eigenvalue weighted by molar-refractivity contribution is 6.30. The van der Waals surface area contributed by atoms with Crippen molar-refractivity contribution in [2.24, 2.45) is 5.73 Å². The first-order valence-corrected chi connectivity index (χ1v) is 8.78. The van der Waals surface area contributed by atoms with Crippen molar-refractivity contribution in [1.29, 1.82) is 0 Å². The third-order valence-electron chi connectivity index (χ3n) is 4.24. The molecule has 2 rings (SSSR count). The number of rotatable bonds is 9. The predicted molar refractivity (Wildman–Crippen MR) is 90.3 cm³/mol. The quantitative estimate of drug-likeness (QED) is 0.659. The van der Waals surface area contributed by atoms with Crippen molar-refractivity contribution in [2.45, 2.75) is 70.8 Å². The molecule has 2 nitrogen and oxygen atoms in total. The molecular formula is C18H28ClNO. The molecule has 1 atom stereocenters. The lowest BCUT2D eigenvalue weighted by Crippen LogP contribution is -2.22. The number of halogens is 1. The van der Waals surface area contributed by atoms with E-state index in [-0.39, 0.29) is 6.04 Å². The number of benzene rings is 1. The van der Waals surface area contributed by atoms with Crippen LogP contribution in [0.3, 0.4) is 0 Å². The van der Waals surface area contributed by atoms with Gasteiger partial charge in [-0.1, -0.05) is 57.0 Å². The molecule has 1 aliphatic rings. The molecule has 0 fully saturated rings. The maximum atomic E-state index is 6.29. The molecule has 0 spiro atoms. The van der Waals surface area contributed by atoms with Gasteiger partial charge in [-0.05, 0) is 36.1 Å². The van der Waals surface area contributed by atoms with Crippen LogP contribution in [0.25, 0.3) is 0 Å². The first kappa shape index (κ1) is 16.6. The molecule has 0 saturated carbocycles. The zero-order valence-corrected chi connectivity index (χ0v) is 13.9. The van der Waals surface area contributed by atoms with Gasteiger partial charge in [-0.15, -0.1) is 0 Å². The van der Waals surface area contributed by atoms with Gasteiger partial charge in [-0.3, -0.25) is 0 Å². The Balaban J connectivity index is 1.77. The molecule has 1 heterocycles. The van der Waals surface area contributed by atoms with Gasteiger partial charge in [0.25, 0.3) is 0 Å². The maximum absolute atomic E-state index is 6.29. The Labute approximate surface area is 134 Å². The Morgan fingerprint density at radius 1 is 1.19 bits per heavy atom. The molecule has 1 unspecified atom stereocenters. The van der Waals surface area contributed by atoms with Crippen LogP contribution < -0.4 is 10.5 Å². The van der Waals surface area contributed by atoms with Gasteiger partial charge in [0.1, 0.15) is 5.75 Å². The summed E-state index contributed by atoms with van der Waals surface area (Å²) in [6.45, 7) is 3.02. The average molecular weight is 310 g/mol. The van der Waals surface area contributed by atoms with Crippen molar-refractivity contribution in [2.75, 3.05) is 6.61 Å². The highest BCUT2D eigenvalue weighted by Gasteiger charge is 2.18. The summed E-state index contributed by atoms with van der Waals surface area (Å²) in [6, 6.07) is 4.25. The summed E-state index contributed by atoms with van der Waals surface area (Å²) in [4.78, 5) is 0. The van der Waals surface area contributed by atoms with E-state index in [1.807, 2.05) is 12.1 Å². The normalized spacial score (nSPS) is 14.8. The van der Waals surface area contributed by atoms with Gasteiger partial charge < -0.3 is 10.5 Å². The van der Waals surface area contributed by atoms with E-state index in [0.717, 1.165) is 36.6 Å². The van der Waals surface area contributed by atoms with Crippen LogP contribution >= 0.6 is 11.6 Å². The number of hydrogen-bond acceptors (Lipinski definition) is 2. The van der Waals surface area contributed by atoms with Crippen LogP contribution in [0.2, 0.25) is 5.02 Å². The van der Waals surface area contributed by atoms with E-state index in [4.69, 9.17) is 22.1 Å². The van der Waals surface area contributed by atoms with Gasteiger partial charge in [-0.2, -0.15) is 0 Å². The molecule has 118 valence electrons. The van der Waals surface area contributed by atoms with E-state index in [2.05, 4.69) is 6.92 Å². The SMILES string of the molecule is CCCCCCCCC(N)Cc1cc(Cl)cc2c1OCC2. The van der Waals surface area contributed by atoms with E-state index in [1.165, 1.54) is 49.7 Å². The molecule has 1 aliphatic heterocycles. The van der Waals surface area contributed by atoms with Gasteiger partial charge in [0.15, 0.2) is 0 Å². The zero-order valence-electron chi connectivity index (χ0n) is 13.2. The second-order valence-corrected chi connectivity index (χ2v) is 6.61. The maximum Gasteiger partial charge on any atom is 0.125 e. The van der Waals surface area contributed by atoms with Gasteiger partial charge in [0.05, 0.1) is 6.61 Å². The van der Waals surface area contributed by atoms with Gasteiger partial charge in [0, 0.05) is 17.5 Å². The number of hydrogen-bond donors (Lipinski definition) is 1. The van der Waals surface area contributed by atoms with Crippen molar-refractivity contribution in [3.63, 3.8) is 0 Å². The van der Waals surface area contributed by atoms with Crippen LogP contribution in [0, 0.1) is 0 Å². The molecule has 1 aromatic carbocycles. The van der Waals surface area contributed by atoms with Crippen molar-refractivity contribution in [3.8, 4) is 5.75 Å². The number of unbranched alkanes of at least 4 members (excludes halogenated alkanes) is 5. The van der Waals surface area contributed by atoms with Gasteiger partial charge in [0.2, 0.25) is 0 Å². The largest absolute Gasteiger partial charge is 0.493 e. The summed E-state index contributed by atoms with van der Waals surface area (Å²) in [5, 5.41) is 0.806. The molecule has 0 bridgehead atoms. The molecule has 2 N–H and O–H groups in total. The summed E-state index contributed by atoms with van der Waals surface area (Å²) in [7, 11) is 0. The van der Waals surface area contributed by atoms with Crippen molar-refractivity contribution >= 4 is 11.6 Å². The molecule has 0 amide bonds. The molecule has 0 saturated heterocycles. The van der Waals surface area contributed by atoms with Crippen LogP contribution in [0.4, 0.5) is 0 Å². The van der Waals surface area contributed by atoms with Crippen LogP contribution in [0.5, 0.6) is 5.75 Å². The van der Waals surface area contributed by atoms with Crippen LogP contribution in [0.15, 0.2) is 12.1 Å². The number of nitrogens with two attached hydrogens (primary N) is 1. The Morgan fingerprint density at radius 3 is 2.76 bits per heavy atom. The third kappa shape index (κ3) is 5.19. The molecule has 21 heavy (non-hydrogen) atoms. The minimum Gasteiger partial charge on any atom is -0.493 e. The zero-order chi connectivity index (χ0) is 15.1. The lowest BCUT2D eigenvalue weighted by molar-refractivity contribution is 0.352. The fourth-order valence-electron chi connectivity index (χ4n) is 3.07. The number of ether oxygens (including phenoxy) is 1. The fourth-order valence-corrected chi connectivity index (χ4v) is 3.33. The first-order chi connectivity index (χ1) is 10.2. The van der Waals surface area contributed by atoms with E-state index < -0.39 is 0 Å². The Kier molecular flexibility index (Phi) is 6.85. The second kappa shape index (κ2) is 8.65.